The fraction of sp³-hybridized carbons (Fsp3) is 0.444. The molecule has 6 heteroatoms. The molecule has 1 saturated heterocycles. The molecule has 0 N–H and O–H groups in total. The zero-order valence-electron chi connectivity index (χ0n) is 14.2. The summed E-state index contributed by atoms with van der Waals surface area (Å²) in [5.41, 5.74) is 0.391. The van der Waals surface area contributed by atoms with E-state index in [1.165, 1.54) is 6.07 Å². The van der Waals surface area contributed by atoms with Crippen molar-refractivity contribution in [3.8, 4) is 0 Å². The fourth-order valence-electron chi connectivity index (χ4n) is 3.49. The molecular weight excluding hydrogens is 307 g/mol. The van der Waals surface area contributed by atoms with Crippen molar-refractivity contribution in [1.29, 1.82) is 0 Å². The number of aromatic nitrogens is 2. The molecule has 24 heavy (non-hydrogen) atoms. The van der Waals surface area contributed by atoms with Gasteiger partial charge in [-0.05, 0) is 30.5 Å². The van der Waals surface area contributed by atoms with E-state index in [0.29, 0.717) is 6.54 Å². The lowest BCUT2D eigenvalue weighted by Gasteiger charge is -2.42. The molecule has 1 aliphatic rings. The molecule has 1 fully saturated rings. The van der Waals surface area contributed by atoms with Crippen LogP contribution in [0.15, 0.2) is 43.0 Å². The Bertz CT molecular complexity index is 691. The Balaban J connectivity index is 1.74. The number of likely N-dealkylation sites (N-methyl/N-ethyl adjacent to an activating group) is 1. The third-order valence-electron chi connectivity index (χ3n) is 4.78. The Morgan fingerprint density at radius 1 is 1.33 bits per heavy atom. The van der Waals surface area contributed by atoms with Gasteiger partial charge in [-0.15, -0.1) is 0 Å². The van der Waals surface area contributed by atoms with E-state index in [4.69, 9.17) is 0 Å². The number of hydrogen-bond acceptors (Lipinski definition) is 3. The highest BCUT2D eigenvalue weighted by atomic mass is 19.1. The molecule has 0 radical (unpaired) electrons. The van der Waals surface area contributed by atoms with E-state index in [-0.39, 0.29) is 11.7 Å². The molecule has 2 heterocycles. The Hall–Kier alpha value is -2.21. The second kappa shape index (κ2) is 6.73. The van der Waals surface area contributed by atoms with Crippen molar-refractivity contribution in [2.45, 2.75) is 24.9 Å². The van der Waals surface area contributed by atoms with Crippen molar-refractivity contribution < 1.29 is 9.18 Å². The number of hydrogen-bond donors (Lipinski definition) is 0. The number of carbonyl (C=O) groups excluding carboxylic acids is 1. The third-order valence-corrected chi connectivity index (χ3v) is 4.78. The molecule has 0 saturated carbocycles. The normalized spacial score (nSPS) is 17.6. The van der Waals surface area contributed by atoms with Gasteiger partial charge in [-0.3, -0.25) is 9.69 Å². The lowest BCUT2D eigenvalue weighted by atomic mass is 9.85. The first-order valence-electron chi connectivity index (χ1n) is 8.18. The van der Waals surface area contributed by atoms with E-state index in [0.717, 1.165) is 31.5 Å². The summed E-state index contributed by atoms with van der Waals surface area (Å²) in [6.45, 7) is 2.27. The van der Waals surface area contributed by atoms with Gasteiger partial charge < -0.3 is 9.47 Å². The Morgan fingerprint density at radius 3 is 2.67 bits per heavy atom. The van der Waals surface area contributed by atoms with Crippen LogP contribution in [0.3, 0.4) is 0 Å². The molecule has 0 bridgehead atoms. The molecule has 0 spiro atoms. The molecule has 1 aromatic heterocycles. The van der Waals surface area contributed by atoms with E-state index >= 15 is 0 Å². The second-order valence-corrected chi connectivity index (χ2v) is 6.61. The van der Waals surface area contributed by atoms with E-state index < -0.39 is 5.54 Å². The van der Waals surface area contributed by atoms with Crippen LogP contribution in [0.2, 0.25) is 0 Å². The van der Waals surface area contributed by atoms with Gasteiger partial charge in [0.1, 0.15) is 11.4 Å². The number of likely N-dealkylation sites (tertiary alicyclic amines) is 1. The molecule has 3 rings (SSSR count). The van der Waals surface area contributed by atoms with E-state index in [1.807, 2.05) is 16.8 Å². The van der Waals surface area contributed by atoms with Crippen molar-refractivity contribution in [1.82, 2.24) is 19.4 Å². The number of rotatable bonds is 4. The number of amides is 1. The zero-order chi connectivity index (χ0) is 17.2. The number of nitrogens with zero attached hydrogens (tertiary/aromatic N) is 4. The first-order valence-corrected chi connectivity index (χ1v) is 8.18. The van der Waals surface area contributed by atoms with Crippen LogP contribution in [0.1, 0.15) is 18.4 Å². The minimum Gasteiger partial charge on any atom is -0.347 e. The highest BCUT2D eigenvalue weighted by molar-refractivity contribution is 5.84. The largest absolute Gasteiger partial charge is 0.347 e. The molecule has 1 aliphatic heterocycles. The molecule has 0 unspecified atom stereocenters. The molecule has 128 valence electrons. The second-order valence-electron chi connectivity index (χ2n) is 6.61. The summed E-state index contributed by atoms with van der Waals surface area (Å²) >= 11 is 0. The van der Waals surface area contributed by atoms with Crippen LogP contribution in [0.5, 0.6) is 0 Å². The summed E-state index contributed by atoms with van der Waals surface area (Å²) in [4.78, 5) is 20.9. The number of piperidine rings is 1. The number of benzene rings is 1. The maximum atomic E-state index is 13.3. The van der Waals surface area contributed by atoms with Crippen molar-refractivity contribution >= 4 is 5.91 Å². The Labute approximate surface area is 141 Å². The van der Waals surface area contributed by atoms with Gasteiger partial charge in [-0.2, -0.15) is 0 Å². The predicted molar refractivity (Wildman–Crippen MR) is 89.8 cm³/mol. The van der Waals surface area contributed by atoms with Gasteiger partial charge in [-0.1, -0.05) is 12.1 Å². The van der Waals surface area contributed by atoms with Crippen LogP contribution in [-0.4, -0.2) is 52.4 Å². The summed E-state index contributed by atoms with van der Waals surface area (Å²) in [6, 6.07) is 6.70. The Morgan fingerprint density at radius 2 is 2.08 bits per heavy atom. The fourth-order valence-corrected chi connectivity index (χ4v) is 3.49. The van der Waals surface area contributed by atoms with E-state index in [2.05, 4.69) is 9.88 Å². The minimum atomic E-state index is -0.571. The molecule has 5 nitrogen and oxygen atoms in total. The molecule has 1 aromatic carbocycles. The highest BCUT2D eigenvalue weighted by Gasteiger charge is 2.43. The van der Waals surface area contributed by atoms with Gasteiger partial charge in [-0.25, -0.2) is 9.37 Å². The quantitative estimate of drug-likeness (QED) is 0.862. The van der Waals surface area contributed by atoms with Crippen molar-refractivity contribution in [2.24, 2.45) is 0 Å². The van der Waals surface area contributed by atoms with Gasteiger partial charge in [0.2, 0.25) is 5.91 Å². The lowest BCUT2D eigenvalue weighted by Crippen LogP contribution is -2.54. The van der Waals surface area contributed by atoms with Crippen LogP contribution >= 0.6 is 0 Å². The molecule has 0 aliphatic carbocycles. The molecular formula is C18H23FN4O. The number of imidazole rings is 1. The standard InChI is InChI=1S/C18H23FN4O/c1-21(2)17(24)18(23-11-8-20-14-23)6-9-22(10-7-18)13-15-4-3-5-16(19)12-15/h3-5,8,11-12,14H,6-7,9-10,13H2,1-2H3. The summed E-state index contributed by atoms with van der Waals surface area (Å²) in [6.07, 6.45) is 6.74. The van der Waals surface area contributed by atoms with Crippen molar-refractivity contribution in [3.63, 3.8) is 0 Å². The first-order chi connectivity index (χ1) is 11.5. The number of carbonyl (C=O) groups is 1. The first kappa shape index (κ1) is 16.6. The summed E-state index contributed by atoms with van der Waals surface area (Å²) in [5, 5.41) is 0. The SMILES string of the molecule is CN(C)C(=O)C1(n2ccnc2)CCN(Cc2cccc(F)c2)CC1. The van der Waals surface area contributed by atoms with Crippen molar-refractivity contribution in [2.75, 3.05) is 27.2 Å². The highest BCUT2D eigenvalue weighted by Crippen LogP contribution is 2.32. The maximum Gasteiger partial charge on any atom is 0.248 e. The minimum absolute atomic E-state index is 0.103. The average Bonchev–Trinajstić information content (AvgIpc) is 3.10. The van der Waals surface area contributed by atoms with Crippen LogP contribution in [-0.2, 0) is 16.9 Å². The smallest absolute Gasteiger partial charge is 0.248 e. The van der Waals surface area contributed by atoms with Gasteiger partial charge in [0.05, 0.1) is 6.33 Å². The van der Waals surface area contributed by atoms with Gasteiger partial charge in [0.25, 0.3) is 0 Å². The zero-order valence-corrected chi connectivity index (χ0v) is 14.2. The summed E-state index contributed by atoms with van der Waals surface area (Å²) in [7, 11) is 3.58. The topological polar surface area (TPSA) is 41.4 Å². The summed E-state index contributed by atoms with van der Waals surface area (Å²) < 4.78 is 15.3. The lowest BCUT2D eigenvalue weighted by molar-refractivity contribution is -0.141. The van der Waals surface area contributed by atoms with Crippen molar-refractivity contribution in [3.05, 3.63) is 54.4 Å². The van der Waals surface area contributed by atoms with E-state index in [9.17, 15) is 9.18 Å². The van der Waals surface area contributed by atoms with Crippen LogP contribution < -0.4 is 0 Å². The van der Waals surface area contributed by atoms with Crippen LogP contribution in [0, 0.1) is 5.82 Å². The van der Waals surface area contributed by atoms with Gasteiger partial charge in [0.15, 0.2) is 0 Å². The number of halogens is 1. The molecule has 1 amide bonds. The summed E-state index contributed by atoms with van der Waals surface area (Å²) in [5.74, 6) is -0.106. The van der Waals surface area contributed by atoms with Gasteiger partial charge >= 0.3 is 0 Å². The van der Waals surface area contributed by atoms with Crippen LogP contribution in [0.4, 0.5) is 4.39 Å². The van der Waals surface area contributed by atoms with E-state index in [1.54, 1.807) is 43.7 Å². The monoisotopic (exact) mass is 330 g/mol. The predicted octanol–water partition coefficient (Wildman–Crippen LogP) is 2.10. The molecule has 0 atom stereocenters. The maximum absolute atomic E-state index is 13.3. The van der Waals surface area contributed by atoms with Crippen LogP contribution in [0.25, 0.3) is 0 Å². The average molecular weight is 330 g/mol. The van der Waals surface area contributed by atoms with Gasteiger partial charge in [0, 0.05) is 46.1 Å². The third kappa shape index (κ3) is 3.19. The molecule has 2 aromatic rings. The Kier molecular flexibility index (Phi) is 4.66.